The van der Waals surface area contributed by atoms with Crippen molar-refractivity contribution in [3.63, 3.8) is 0 Å². The molecule has 0 fully saturated rings. The lowest BCUT2D eigenvalue weighted by Gasteiger charge is -2.11. The summed E-state index contributed by atoms with van der Waals surface area (Å²) in [4.78, 5) is 0. The van der Waals surface area contributed by atoms with Crippen LogP contribution in [-0.4, -0.2) is 0 Å². The van der Waals surface area contributed by atoms with Gasteiger partial charge in [-0.25, -0.2) is 0 Å². The van der Waals surface area contributed by atoms with Crippen LogP contribution in [0.25, 0.3) is 0 Å². The molecule has 0 radical (unpaired) electrons. The average Bonchev–Trinajstić information content (AvgIpc) is 2.15. The maximum Gasteiger partial charge on any atom is 0.416 e. The third kappa shape index (κ3) is 3.70. The first-order valence-electron chi connectivity index (χ1n) is 4.08. The Balaban J connectivity index is 0.00000196. The summed E-state index contributed by atoms with van der Waals surface area (Å²) in [5.41, 5.74) is 2.53. The Morgan fingerprint density at radius 3 is 2.00 bits per heavy atom. The molecule has 3 N–H and O–H groups in total. The third-order valence-corrected chi connectivity index (χ3v) is 1.99. The lowest BCUT2D eigenvalue weighted by atomic mass is 10.1. The van der Waals surface area contributed by atoms with E-state index in [1.165, 1.54) is 12.1 Å². The van der Waals surface area contributed by atoms with Gasteiger partial charge in [0, 0.05) is 6.04 Å². The molecule has 0 spiro atoms. The quantitative estimate of drug-likeness (QED) is 0.616. The molecule has 1 rings (SSSR count). The Kier molecular flexibility index (Phi) is 5.07. The molecule has 0 aliphatic heterocycles. The number of benzene rings is 1. The first-order chi connectivity index (χ1) is 6.45. The number of halogens is 4. The molecule has 0 aliphatic carbocycles. The second-order valence-corrected chi connectivity index (χ2v) is 3.01. The molecule has 1 atom stereocenters. The van der Waals surface area contributed by atoms with E-state index in [1.54, 1.807) is 6.92 Å². The predicted molar refractivity (Wildman–Crippen MR) is 54.4 cm³/mol. The van der Waals surface area contributed by atoms with E-state index in [0.29, 0.717) is 0 Å². The standard InChI is InChI=1S/C9H11F3N2.ClH/c1-6(14-13)7-2-4-8(5-3-7)9(10,11)12;/h2-6,14H,13H2,1H3;1H. The molecule has 0 heterocycles. The summed E-state index contributed by atoms with van der Waals surface area (Å²) in [6.45, 7) is 1.77. The molecule has 1 aromatic carbocycles. The van der Waals surface area contributed by atoms with Crippen molar-refractivity contribution in [2.75, 3.05) is 0 Å². The van der Waals surface area contributed by atoms with Crippen molar-refractivity contribution < 1.29 is 13.2 Å². The van der Waals surface area contributed by atoms with Gasteiger partial charge in [-0.2, -0.15) is 13.2 Å². The van der Waals surface area contributed by atoms with Crippen molar-refractivity contribution in [1.82, 2.24) is 5.43 Å². The molecule has 86 valence electrons. The van der Waals surface area contributed by atoms with Crippen LogP contribution in [-0.2, 0) is 6.18 Å². The highest BCUT2D eigenvalue weighted by atomic mass is 35.5. The van der Waals surface area contributed by atoms with Crippen LogP contribution >= 0.6 is 12.4 Å². The number of hydrogen-bond acceptors (Lipinski definition) is 2. The zero-order valence-electron chi connectivity index (χ0n) is 8.01. The molecule has 0 saturated carbocycles. The molecule has 1 aromatic rings. The van der Waals surface area contributed by atoms with Gasteiger partial charge in [-0.3, -0.25) is 11.3 Å². The van der Waals surface area contributed by atoms with Crippen LogP contribution in [0.3, 0.4) is 0 Å². The van der Waals surface area contributed by atoms with Gasteiger partial charge >= 0.3 is 6.18 Å². The minimum Gasteiger partial charge on any atom is -0.271 e. The van der Waals surface area contributed by atoms with Crippen molar-refractivity contribution in [3.8, 4) is 0 Å². The van der Waals surface area contributed by atoms with Crippen molar-refractivity contribution in [2.45, 2.75) is 19.1 Å². The Morgan fingerprint density at radius 2 is 1.67 bits per heavy atom. The number of rotatable bonds is 2. The molecule has 0 bridgehead atoms. The maximum absolute atomic E-state index is 12.2. The Labute approximate surface area is 92.0 Å². The van der Waals surface area contributed by atoms with Crippen molar-refractivity contribution >= 4 is 12.4 Å². The second kappa shape index (κ2) is 5.34. The second-order valence-electron chi connectivity index (χ2n) is 3.01. The number of hydrogen-bond donors (Lipinski definition) is 2. The van der Waals surface area contributed by atoms with Crippen molar-refractivity contribution in [3.05, 3.63) is 35.4 Å². The van der Waals surface area contributed by atoms with Crippen LogP contribution < -0.4 is 11.3 Å². The Morgan fingerprint density at radius 1 is 1.20 bits per heavy atom. The van der Waals surface area contributed by atoms with Crippen molar-refractivity contribution in [1.29, 1.82) is 0 Å². The van der Waals surface area contributed by atoms with Crippen LogP contribution in [0.4, 0.5) is 13.2 Å². The normalized spacial score (nSPS) is 13.1. The van der Waals surface area contributed by atoms with Gasteiger partial charge in [-0.05, 0) is 24.6 Å². The van der Waals surface area contributed by atoms with E-state index in [0.717, 1.165) is 17.7 Å². The first-order valence-corrected chi connectivity index (χ1v) is 4.08. The summed E-state index contributed by atoms with van der Waals surface area (Å²) >= 11 is 0. The summed E-state index contributed by atoms with van der Waals surface area (Å²) < 4.78 is 36.5. The summed E-state index contributed by atoms with van der Waals surface area (Å²) in [6, 6.07) is 4.75. The minimum absolute atomic E-state index is 0. The molecule has 1 unspecified atom stereocenters. The van der Waals surface area contributed by atoms with Gasteiger partial charge in [-0.1, -0.05) is 12.1 Å². The van der Waals surface area contributed by atoms with E-state index in [1.807, 2.05) is 0 Å². The molecule has 15 heavy (non-hydrogen) atoms. The van der Waals surface area contributed by atoms with Gasteiger partial charge in [0.05, 0.1) is 5.56 Å². The van der Waals surface area contributed by atoms with Crippen LogP contribution in [0, 0.1) is 0 Å². The van der Waals surface area contributed by atoms with E-state index < -0.39 is 11.7 Å². The van der Waals surface area contributed by atoms with Crippen LogP contribution in [0.15, 0.2) is 24.3 Å². The van der Waals surface area contributed by atoms with E-state index >= 15 is 0 Å². The summed E-state index contributed by atoms with van der Waals surface area (Å²) in [5.74, 6) is 5.16. The van der Waals surface area contributed by atoms with E-state index in [-0.39, 0.29) is 18.4 Å². The fourth-order valence-electron chi connectivity index (χ4n) is 1.06. The monoisotopic (exact) mass is 240 g/mol. The summed E-state index contributed by atoms with van der Waals surface area (Å²) in [5, 5.41) is 0. The highest BCUT2D eigenvalue weighted by Gasteiger charge is 2.29. The molecular weight excluding hydrogens is 229 g/mol. The van der Waals surface area contributed by atoms with Gasteiger partial charge in [0.2, 0.25) is 0 Å². The molecule has 2 nitrogen and oxygen atoms in total. The smallest absolute Gasteiger partial charge is 0.271 e. The van der Waals surface area contributed by atoms with Gasteiger partial charge in [0.15, 0.2) is 0 Å². The summed E-state index contributed by atoms with van der Waals surface area (Å²) in [6.07, 6.45) is -4.28. The summed E-state index contributed by atoms with van der Waals surface area (Å²) in [7, 11) is 0. The first kappa shape index (κ1) is 14.2. The van der Waals surface area contributed by atoms with Crippen LogP contribution in [0.1, 0.15) is 24.1 Å². The van der Waals surface area contributed by atoms with Crippen molar-refractivity contribution in [2.24, 2.45) is 5.84 Å². The minimum atomic E-state index is -4.28. The van der Waals surface area contributed by atoms with Crippen LogP contribution in [0.5, 0.6) is 0 Å². The highest BCUT2D eigenvalue weighted by Crippen LogP contribution is 2.29. The van der Waals surface area contributed by atoms with E-state index in [9.17, 15) is 13.2 Å². The lowest BCUT2D eigenvalue weighted by Crippen LogP contribution is -2.25. The fourth-order valence-corrected chi connectivity index (χ4v) is 1.06. The fraction of sp³-hybridized carbons (Fsp3) is 0.333. The maximum atomic E-state index is 12.2. The zero-order valence-corrected chi connectivity index (χ0v) is 8.82. The van der Waals surface area contributed by atoms with Gasteiger partial charge in [0.1, 0.15) is 0 Å². The average molecular weight is 241 g/mol. The van der Waals surface area contributed by atoms with Gasteiger partial charge in [0.25, 0.3) is 0 Å². The SMILES string of the molecule is CC(NN)c1ccc(C(F)(F)F)cc1.Cl. The third-order valence-electron chi connectivity index (χ3n) is 1.99. The number of nitrogens with one attached hydrogen (secondary N) is 1. The predicted octanol–water partition coefficient (Wildman–Crippen LogP) is 2.65. The Bertz CT molecular complexity index is 297. The topological polar surface area (TPSA) is 38.0 Å². The van der Waals surface area contributed by atoms with E-state index in [2.05, 4.69) is 5.43 Å². The number of alkyl halides is 3. The van der Waals surface area contributed by atoms with Gasteiger partial charge < -0.3 is 0 Å². The molecule has 6 heteroatoms. The molecule has 0 aromatic heterocycles. The molecule has 0 saturated heterocycles. The van der Waals surface area contributed by atoms with E-state index in [4.69, 9.17) is 5.84 Å². The molecule has 0 amide bonds. The number of nitrogens with two attached hydrogens (primary N) is 1. The Hall–Kier alpha value is -0.780. The zero-order chi connectivity index (χ0) is 10.8. The van der Waals surface area contributed by atoms with Crippen LogP contribution in [0.2, 0.25) is 0 Å². The number of hydrazine groups is 1. The largest absolute Gasteiger partial charge is 0.416 e. The molecule has 0 aliphatic rings. The highest BCUT2D eigenvalue weighted by molar-refractivity contribution is 5.85. The lowest BCUT2D eigenvalue weighted by molar-refractivity contribution is -0.137. The molecular formula is C9H12ClF3N2. The van der Waals surface area contributed by atoms with Gasteiger partial charge in [-0.15, -0.1) is 12.4 Å².